The number of H-pyrrole nitrogens is 1. The molecule has 9 bridgehead atoms. The molecule has 10 nitrogen and oxygen atoms in total. The van der Waals surface area contributed by atoms with Gasteiger partial charge in [0, 0.05) is 60.9 Å². The van der Waals surface area contributed by atoms with E-state index in [2.05, 4.69) is 120 Å². The number of carbonyl (C=O) groups excluding carboxylic acids is 2. The number of hydrogen-bond acceptors (Lipinski definition) is 9. The van der Waals surface area contributed by atoms with Crippen LogP contribution in [0.25, 0.3) is 10.8 Å². The number of phenolic OH excluding ortho intramolecular Hbond substituents is 1. The van der Waals surface area contributed by atoms with Gasteiger partial charge in [0.15, 0.2) is 11.5 Å². The molecule has 1 aromatic heterocycles. The number of rotatable bonds is 4. The number of anilines is 1. The third-order valence-electron chi connectivity index (χ3n) is 19.9. The van der Waals surface area contributed by atoms with E-state index >= 15 is 4.79 Å². The second-order valence-electron chi connectivity index (χ2n) is 25.1. The first-order chi connectivity index (χ1) is 38.4. The molecule has 2 spiro atoms. The van der Waals surface area contributed by atoms with Gasteiger partial charge in [0.2, 0.25) is 0 Å². The van der Waals surface area contributed by atoms with Crippen molar-refractivity contribution in [2.24, 2.45) is 35.0 Å². The van der Waals surface area contributed by atoms with E-state index in [4.69, 9.17) is 4.74 Å². The molecule has 2 aliphatic heterocycles. The van der Waals surface area contributed by atoms with Gasteiger partial charge in [0.1, 0.15) is 17.4 Å². The summed E-state index contributed by atoms with van der Waals surface area (Å²) in [5, 5.41) is 49.6. The van der Waals surface area contributed by atoms with Gasteiger partial charge >= 0.3 is 0 Å². The standard InChI is InChI=1S/C69H84N4O6/c1-4-10-59-53-32-47(31-50-17-20-58(49-11-6-5-7-12-49)60-40-63(77)64(79-3)37-51(60)16-19-56(74)39-62(76)61(50)36-53)29-46-21-28-71-66(34-46)73-55-18-15-48-14-13-45(30-52(48)35-55)33-57(75)43-70-41-44(2)54-38-65(72-42-54)69(67(59)78)26-24-68(25-27-69)22-8-9-23-68/h5-7,11-15,18,21,30,34-35,37-38,40,42,44,47,50,53,57-59,61,67,70-73,75,77-78H,4,8-10,16,19,22-29,31-33,36,39,41,43H2,1-3H3/t44-,47+,50+,53-,57-,58+,59+,61+,67-/m1/s1. The average molecular weight is 1070 g/mol. The highest BCUT2D eigenvalue weighted by Crippen LogP contribution is 2.58. The number of fused-ring (bicyclic) bond motifs is 10. The van der Waals surface area contributed by atoms with Crippen molar-refractivity contribution < 1.29 is 29.6 Å². The zero-order valence-corrected chi connectivity index (χ0v) is 46.9. The van der Waals surface area contributed by atoms with Gasteiger partial charge in [-0.3, -0.25) is 9.59 Å². The summed E-state index contributed by atoms with van der Waals surface area (Å²) in [6, 6.07) is 29.0. The summed E-state index contributed by atoms with van der Waals surface area (Å²) < 4.78 is 5.60. The van der Waals surface area contributed by atoms with E-state index in [-0.39, 0.29) is 59.7 Å². The number of phenols is 1. The molecule has 6 aliphatic rings. The number of aliphatic hydroxyl groups excluding tert-OH is 2. The van der Waals surface area contributed by atoms with Crippen molar-refractivity contribution in [3.05, 3.63) is 148 Å². The minimum Gasteiger partial charge on any atom is -0.504 e. The van der Waals surface area contributed by atoms with Crippen molar-refractivity contribution in [1.29, 1.82) is 0 Å². The molecule has 3 fully saturated rings. The molecule has 0 amide bonds. The molecular formula is C69H84N4O6. The number of β-amino-alcohol motifs (C(OH)–C–C–N with tert-alkyl or cyclic N) is 1. The van der Waals surface area contributed by atoms with Crippen LogP contribution < -0.4 is 20.7 Å². The second-order valence-corrected chi connectivity index (χ2v) is 25.1. The van der Waals surface area contributed by atoms with Gasteiger partial charge in [-0.1, -0.05) is 106 Å². The monoisotopic (exact) mass is 1060 g/mol. The highest BCUT2D eigenvalue weighted by molar-refractivity contribution is 6.00. The molecule has 5 aromatic rings. The number of Topliss-reactive ketones (excluding diaryl/α,β-unsaturated/α-hetero) is 2. The van der Waals surface area contributed by atoms with Crippen LogP contribution in [0.4, 0.5) is 5.69 Å². The number of allylic oxidation sites excluding steroid dienone is 2. The van der Waals surface area contributed by atoms with Crippen LogP contribution in [0, 0.1) is 46.8 Å². The topological polar surface area (TPSA) is 156 Å². The summed E-state index contributed by atoms with van der Waals surface area (Å²) in [5.74, 6) is 7.67. The Morgan fingerprint density at radius 3 is 2.42 bits per heavy atom. The molecule has 3 saturated carbocycles. The average Bonchev–Trinajstić information content (AvgIpc) is 4.33. The van der Waals surface area contributed by atoms with Crippen molar-refractivity contribution in [2.75, 3.05) is 32.1 Å². The largest absolute Gasteiger partial charge is 0.504 e. The molecular weight excluding hydrogens is 981 g/mol. The van der Waals surface area contributed by atoms with Crippen LogP contribution in [0.2, 0.25) is 0 Å². The molecule has 11 rings (SSSR count). The third kappa shape index (κ3) is 12.0. The van der Waals surface area contributed by atoms with Gasteiger partial charge in [-0.05, 0) is 193 Å². The van der Waals surface area contributed by atoms with Gasteiger partial charge in [0.25, 0.3) is 0 Å². The fraction of sp³-hybridized carbons (Fsp3) is 0.507. The maximum absolute atomic E-state index is 15.3. The molecule has 416 valence electrons. The molecule has 0 unspecified atom stereocenters. The number of nitrogens with one attached hydrogen (secondary N) is 4. The Kier molecular flexibility index (Phi) is 16.6. The van der Waals surface area contributed by atoms with E-state index in [1.165, 1.54) is 43.9 Å². The van der Waals surface area contributed by atoms with Crippen LogP contribution in [0.1, 0.15) is 162 Å². The first kappa shape index (κ1) is 54.8. The number of aryl methyl sites for hydroxylation is 1. The number of carbonyl (C=O) groups is 2. The van der Waals surface area contributed by atoms with E-state index in [1.54, 1.807) is 6.07 Å². The summed E-state index contributed by atoms with van der Waals surface area (Å²) in [4.78, 5) is 33.4. The minimum absolute atomic E-state index is 0.0112. The number of dihydropyridines is 1. The molecule has 0 radical (unpaired) electrons. The molecule has 9 atom stereocenters. The normalized spacial score (nSPS) is 28.4. The van der Waals surface area contributed by atoms with Gasteiger partial charge in [-0.2, -0.15) is 0 Å². The van der Waals surface area contributed by atoms with Crippen LogP contribution in [0.3, 0.4) is 0 Å². The lowest BCUT2D eigenvalue weighted by Gasteiger charge is -2.50. The smallest absolute Gasteiger partial charge is 0.160 e. The first-order valence-corrected chi connectivity index (χ1v) is 30.1. The molecule has 4 aromatic carbocycles. The maximum Gasteiger partial charge on any atom is 0.160 e. The summed E-state index contributed by atoms with van der Waals surface area (Å²) >= 11 is 0. The Balaban J connectivity index is 1.03. The fourth-order valence-corrected chi connectivity index (χ4v) is 15.5. The number of ether oxygens (including phenoxy) is 1. The summed E-state index contributed by atoms with van der Waals surface area (Å²) in [6.07, 6.45) is 20.1. The van der Waals surface area contributed by atoms with Crippen molar-refractivity contribution in [3.8, 4) is 23.3 Å². The van der Waals surface area contributed by atoms with Crippen molar-refractivity contribution in [1.82, 2.24) is 15.6 Å². The minimum atomic E-state index is -0.667. The van der Waals surface area contributed by atoms with Crippen molar-refractivity contribution in [2.45, 2.75) is 159 Å². The Bertz CT molecular complexity index is 3110. The number of aromatic hydroxyl groups is 1. The predicted molar refractivity (Wildman–Crippen MR) is 315 cm³/mol. The summed E-state index contributed by atoms with van der Waals surface area (Å²) in [6.45, 7) is 6.34. The lowest BCUT2D eigenvalue weighted by atomic mass is 9.56. The van der Waals surface area contributed by atoms with Crippen LogP contribution in [-0.2, 0) is 27.8 Å². The van der Waals surface area contributed by atoms with E-state index in [9.17, 15) is 20.1 Å². The summed E-state index contributed by atoms with van der Waals surface area (Å²) in [5.41, 5.74) is 8.15. The number of benzene rings is 4. The first-order valence-electron chi connectivity index (χ1n) is 30.1. The lowest BCUT2D eigenvalue weighted by Crippen LogP contribution is -2.50. The van der Waals surface area contributed by atoms with E-state index < -0.39 is 29.5 Å². The Labute approximate surface area is 468 Å². The predicted octanol–water partition coefficient (Wildman–Crippen LogP) is 12.5. The molecule has 0 saturated heterocycles. The maximum atomic E-state index is 15.3. The lowest BCUT2D eigenvalue weighted by molar-refractivity contribution is -0.130. The Morgan fingerprint density at radius 2 is 1.62 bits per heavy atom. The number of ketones is 2. The van der Waals surface area contributed by atoms with Gasteiger partial charge < -0.3 is 41.0 Å². The van der Waals surface area contributed by atoms with Crippen LogP contribution in [0.15, 0.2) is 115 Å². The number of aliphatic hydroxyl groups is 2. The van der Waals surface area contributed by atoms with E-state index in [0.717, 1.165) is 102 Å². The van der Waals surface area contributed by atoms with Crippen LogP contribution in [0.5, 0.6) is 11.5 Å². The molecule has 4 aliphatic carbocycles. The molecule has 7 N–H and O–H groups in total. The Hall–Kier alpha value is -6.12. The molecule has 3 heterocycles. The van der Waals surface area contributed by atoms with Crippen LogP contribution >= 0.6 is 0 Å². The highest BCUT2D eigenvalue weighted by atomic mass is 16.5. The van der Waals surface area contributed by atoms with Gasteiger partial charge in [0.05, 0.1) is 31.7 Å². The quantitative estimate of drug-likeness (QED) is 0.0688. The number of aromatic amines is 1. The van der Waals surface area contributed by atoms with Gasteiger partial charge in [-0.15, -0.1) is 0 Å². The number of methoxy groups -OCH3 is 1. The van der Waals surface area contributed by atoms with Crippen molar-refractivity contribution in [3.63, 3.8) is 0 Å². The van der Waals surface area contributed by atoms with Crippen LogP contribution in [-0.4, -0.2) is 70.8 Å². The highest BCUT2D eigenvalue weighted by Gasteiger charge is 2.53. The van der Waals surface area contributed by atoms with E-state index in [0.29, 0.717) is 56.5 Å². The third-order valence-corrected chi connectivity index (χ3v) is 19.9. The number of hydrogen-bond donors (Lipinski definition) is 7. The summed E-state index contributed by atoms with van der Waals surface area (Å²) in [7, 11) is 1.54. The zero-order chi connectivity index (χ0) is 54.7. The fourth-order valence-electron chi connectivity index (χ4n) is 15.5. The van der Waals surface area contributed by atoms with Gasteiger partial charge in [-0.25, -0.2) is 0 Å². The Morgan fingerprint density at radius 1 is 0.810 bits per heavy atom. The molecule has 79 heavy (non-hydrogen) atoms. The second kappa shape index (κ2) is 23.9. The molecule has 10 heteroatoms. The van der Waals surface area contributed by atoms with E-state index in [1.807, 2.05) is 24.3 Å². The van der Waals surface area contributed by atoms with Crippen molar-refractivity contribution >= 4 is 28.0 Å². The zero-order valence-electron chi connectivity index (χ0n) is 46.9. The number of aromatic nitrogens is 1. The SMILES string of the molecule is CCC[C@H]1[C@@H]2C[C@@H](CC3=CCNC(=C3)Nc3ccc4ccc(cc4c3)C[C@@H](O)CNC[C@@H](C)c3c[nH]c(c3)C3(CCC4(CCCC4)CC3)[C@@H]1O)C[C@@H]1C#C[C@@H](c3ccccc3)c3cc(O)c(OC)cc3CCC(=O)CC(=O)[C@H]1C2.